The van der Waals surface area contributed by atoms with E-state index >= 15 is 0 Å². The Labute approximate surface area is 137 Å². The fourth-order valence-electron chi connectivity index (χ4n) is 3.56. The second kappa shape index (κ2) is 6.44. The van der Waals surface area contributed by atoms with E-state index in [2.05, 4.69) is 4.90 Å². The first kappa shape index (κ1) is 17.4. The van der Waals surface area contributed by atoms with Crippen LogP contribution in [-0.4, -0.2) is 43.0 Å². The molecule has 24 heavy (non-hydrogen) atoms. The minimum atomic E-state index is -4.59. The molecular weight excluding hydrogens is 326 g/mol. The molecule has 7 heteroatoms. The van der Waals surface area contributed by atoms with E-state index in [1.807, 2.05) is 7.05 Å². The number of hydrogen-bond acceptors (Lipinski definition) is 3. The van der Waals surface area contributed by atoms with Gasteiger partial charge in [0.15, 0.2) is 0 Å². The van der Waals surface area contributed by atoms with Gasteiger partial charge in [-0.15, -0.1) is 0 Å². The molecule has 2 bridgehead atoms. The molecule has 2 aliphatic heterocycles. The highest BCUT2D eigenvalue weighted by atomic mass is 19.4. The Kier molecular flexibility index (Phi) is 4.66. The van der Waals surface area contributed by atoms with Gasteiger partial charge in [-0.2, -0.15) is 13.2 Å². The second-order valence-electron chi connectivity index (χ2n) is 6.63. The van der Waals surface area contributed by atoms with Crippen LogP contribution in [0.2, 0.25) is 0 Å². The molecule has 3 nitrogen and oxygen atoms in total. The van der Waals surface area contributed by atoms with Crippen LogP contribution in [0.5, 0.6) is 0 Å². The lowest BCUT2D eigenvalue weighted by atomic mass is 9.81. The molecule has 0 aromatic heterocycles. The molecular formula is C17H19F4NO2. The number of carbonyl (C=O) groups is 1. The maximum absolute atomic E-state index is 13.9. The first-order valence-electron chi connectivity index (χ1n) is 7.93. The number of piperidine rings is 1. The first-order chi connectivity index (χ1) is 11.3. The average Bonchev–Trinajstić information content (AvgIpc) is 2.47. The molecule has 0 aliphatic carbocycles. The molecule has 2 atom stereocenters. The van der Waals surface area contributed by atoms with Crippen molar-refractivity contribution in [3.05, 3.63) is 35.1 Å². The van der Waals surface area contributed by atoms with Gasteiger partial charge >= 0.3 is 6.18 Å². The van der Waals surface area contributed by atoms with E-state index in [1.165, 1.54) is 0 Å². The molecule has 2 aliphatic rings. The number of carbonyl (C=O) groups excluding carboxylic acids is 1. The molecule has 0 spiro atoms. The number of alkyl halides is 3. The first-order valence-corrected chi connectivity index (χ1v) is 7.93. The van der Waals surface area contributed by atoms with E-state index in [0.29, 0.717) is 32.1 Å². The normalized spacial score (nSPS) is 28.0. The summed E-state index contributed by atoms with van der Waals surface area (Å²) in [6.45, 7) is 1.15. The number of likely N-dealkylation sites (N-methyl/N-ethyl adjacent to an activating group) is 1. The van der Waals surface area contributed by atoms with Crippen molar-refractivity contribution in [2.24, 2.45) is 5.92 Å². The van der Waals surface area contributed by atoms with Crippen LogP contribution in [0.1, 0.15) is 24.0 Å². The minimum Gasteiger partial charge on any atom is -0.378 e. The van der Waals surface area contributed by atoms with E-state index in [4.69, 9.17) is 4.74 Å². The summed E-state index contributed by atoms with van der Waals surface area (Å²) in [6.07, 6.45) is -3.46. The van der Waals surface area contributed by atoms with E-state index in [9.17, 15) is 22.4 Å². The molecule has 0 radical (unpaired) electrons. The number of fused-ring (bicyclic) bond motifs is 2. The van der Waals surface area contributed by atoms with Crippen LogP contribution in [0.4, 0.5) is 17.6 Å². The van der Waals surface area contributed by atoms with Gasteiger partial charge < -0.3 is 4.74 Å². The van der Waals surface area contributed by atoms with Crippen LogP contribution in [0.15, 0.2) is 18.2 Å². The number of rotatable bonds is 3. The summed E-state index contributed by atoms with van der Waals surface area (Å²) in [5.41, 5.74) is -1.02. The third-order valence-corrected chi connectivity index (χ3v) is 5.09. The quantitative estimate of drug-likeness (QED) is 0.789. The Morgan fingerprint density at radius 3 is 2.42 bits per heavy atom. The highest BCUT2D eigenvalue weighted by Crippen LogP contribution is 2.33. The summed E-state index contributed by atoms with van der Waals surface area (Å²) in [5.74, 6) is -1.28. The predicted molar refractivity (Wildman–Crippen MR) is 79.0 cm³/mol. The van der Waals surface area contributed by atoms with Crippen molar-refractivity contribution in [1.29, 1.82) is 0 Å². The Bertz CT molecular complexity index is 618. The molecule has 2 fully saturated rings. The number of nitrogens with zero attached hydrogens (tertiary/aromatic N) is 1. The van der Waals surface area contributed by atoms with Gasteiger partial charge in [0.25, 0.3) is 0 Å². The van der Waals surface area contributed by atoms with Gasteiger partial charge in [0.1, 0.15) is 11.6 Å². The lowest BCUT2D eigenvalue weighted by Gasteiger charge is -2.46. The Morgan fingerprint density at radius 1 is 1.25 bits per heavy atom. The minimum absolute atomic E-state index is 0.0216. The SMILES string of the molecule is CN1C2COCC1CC(C(=O)Cc1ccc(C(F)(F)F)cc1F)C2. The van der Waals surface area contributed by atoms with Crippen LogP contribution < -0.4 is 0 Å². The number of ketones is 1. The highest BCUT2D eigenvalue weighted by Gasteiger charge is 2.39. The summed E-state index contributed by atoms with van der Waals surface area (Å²) in [6, 6.07) is 2.69. The Hall–Kier alpha value is -1.47. The van der Waals surface area contributed by atoms with Crippen molar-refractivity contribution in [2.75, 3.05) is 20.3 Å². The monoisotopic (exact) mass is 345 g/mol. The topological polar surface area (TPSA) is 29.5 Å². The van der Waals surface area contributed by atoms with Gasteiger partial charge in [-0.1, -0.05) is 6.07 Å². The third-order valence-electron chi connectivity index (χ3n) is 5.09. The summed E-state index contributed by atoms with van der Waals surface area (Å²) < 4.78 is 57.1. The van der Waals surface area contributed by atoms with Crippen molar-refractivity contribution < 1.29 is 27.1 Å². The molecule has 2 saturated heterocycles. The standard InChI is InChI=1S/C17H19F4NO2/c1-22-13-4-11(5-14(22)9-24-8-13)16(23)6-10-2-3-12(7-15(10)18)17(19,20)21/h2-3,7,11,13-14H,4-6,8-9H2,1H3. The Morgan fingerprint density at radius 2 is 1.88 bits per heavy atom. The average molecular weight is 345 g/mol. The maximum Gasteiger partial charge on any atom is 0.416 e. The van der Waals surface area contributed by atoms with Gasteiger partial charge in [0, 0.05) is 24.4 Å². The van der Waals surface area contributed by atoms with Crippen molar-refractivity contribution in [3.8, 4) is 0 Å². The predicted octanol–water partition coefficient (Wildman–Crippen LogP) is 3.07. The fourth-order valence-corrected chi connectivity index (χ4v) is 3.56. The molecule has 1 aromatic carbocycles. The molecule has 2 unspecified atom stereocenters. The van der Waals surface area contributed by atoms with Gasteiger partial charge in [-0.05, 0) is 37.6 Å². The van der Waals surface area contributed by atoms with Gasteiger partial charge in [0.05, 0.1) is 18.8 Å². The third kappa shape index (κ3) is 3.47. The van der Waals surface area contributed by atoms with Crippen LogP contribution in [0.25, 0.3) is 0 Å². The van der Waals surface area contributed by atoms with E-state index in [0.717, 1.165) is 12.1 Å². The van der Waals surface area contributed by atoms with Crippen LogP contribution in [-0.2, 0) is 22.1 Å². The van der Waals surface area contributed by atoms with E-state index < -0.39 is 17.6 Å². The highest BCUT2D eigenvalue weighted by molar-refractivity contribution is 5.83. The maximum atomic E-state index is 13.9. The molecule has 3 rings (SSSR count). The lowest BCUT2D eigenvalue weighted by Crippen LogP contribution is -2.56. The van der Waals surface area contributed by atoms with Crippen LogP contribution in [0.3, 0.4) is 0 Å². The summed E-state index contributed by atoms with van der Waals surface area (Å²) >= 11 is 0. The zero-order valence-electron chi connectivity index (χ0n) is 13.3. The summed E-state index contributed by atoms with van der Waals surface area (Å²) in [5, 5.41) is 0. The smallest absolute Gasteiger partial charge is 0.378 e. The molecule has 0 amide bonds. The molecule has 0 N–H and O–H groups in total. The fraction of sp³-hybridized carbons (Fsp3) is 0.588. The summed E-state index contributed by atoms with van der Waals surface area (Å²) in [7, 11) is 2.01. The molecule has 132 valence electrons. The zero-order valence-corrected chi connectivity index (χ0v) is 13.3. The van der Waals surface area contributed by atoms with Crippen molar-refractivity contribution in [1.82, 2.24) is 4.90 Å². The van der Waals surface area contributed by atoms with E-state index in [-0.39, 0.29) is 35.8 Å². The Balaban J connectivity index is 1.69. The lowest BCUT2D eigenvalue weighted by molar-refractivity contribution is -0.137. The second-order valence-corrected chi connectivity index (χ2v) is 6.63. The van der Waals surface area contributed by atoms with Crippen LogP contribution in [0, 0.1) is 11.7 Å². The largest absolute Gasteiger partial charge is 0.416 e. The number of halogens is 4. The number of Topliss-reactive ketones (excluding diaryl/α,β-unsaturated/α-hetero) is 1. The number of benzene rings is 1. The van der Waals surface area contributed by atoms with E-state index in [1.54, 1.807) is 0 Å². The zero-order chi connectivity index (χ0) is 17.5. The summed E-state index contributed by atoms with van der Waals surface area (Å²) in [4.78, 5) is 14.7. The van der Waals surface area contributed by atoms with Gasteiger partial charge in [-0.25, -0.2) is 4.39 Å². The van der Waals surface area contributed by atoms with Gasteiger partial charge in [0.2, 0.25) is 0 Å². The number of morpholine rings is 1. The van der Waals surface area contributed by atoms with Crippen molar-refractivity contribution >= 4 is 5.78 Å². The molecule has 0 saturated carbocycles. The van der Waals surface area contributed by atoms with Crippen LogP contribution >= 0.6 is 0 Å². The number of hydrogen-bond donors (Lipinski definition) is 0. The molecule has 2 heterocycles. The number of ether oxygens (including phenoxy) is 1. The van der Waals surface area contributed by atoms with Crippen molar-refractivity contribution in [3.63, 3.8) is 0 Å². The van der Waals surface area contributed by atoms with Crippen molar-refractivity contribution in [2.45, 2.75) is 37.5 Å². The molecule has 1 aromatic rings. The van der Waals surface area contributed by atoms with Gasteiger partial charge in [-0.3, -0.25) is 9.69 Å².